The van der Waals surface area contributed by atoms with Gasteiger partial charge in [0.05, 0.1) is 0 Å². The Kier molecular flexibility index (Phi) is 5.30. The van der Waals surface area contributed by atoms with Crippen molar-refractivity contribution in [3.8, 4) is 0 Å². The Hall–Kier alpha value is -0.413. The third-order valence-electron chi connectivity index (χ3n) is 10.6. The Morgan fingerprint density at radius 2 is 1.76 bits per heavy atom. The summed E-state index contributed by atoms with van der Waals surface area (Å²) in [6.45, 7) is 18.0. The fourth-order valence-electron chi connectivity index (χ4n) is 7.47. The van der Waals surface area contributed by atoms with Crippen LogP contribution in [0.4, 0.5) is 0 Å². The molecular formula is C26H44O2Si. The maximum Gasteiger partial charge on any atom is 0.191 e. The molecule has 0 aromatic carbocycles. The van der Waals surface area contributed by atoms with Crippen molar-refractivity contribution in [3.63, 3.8) is 0 Å². The number of hydrogen-bond acceptors (Lipinski definition) is 2. The summed E-state index contributed by atoms with van der Waals surface area (Å²) in [6.07, 6.45) is 11.9. The molecule has 4 aliphatic rings. The Morgan fingerprint density at radius 1 is 1.03 bits per heavy atom. The van der Waals surface area contributed by atoms with E-state index in [0.717, 1.165) is 43.1 Å². The van der Waals surface area contributed by atoms with Crippen molar-refractivity contribution in [2.24, 2.45) is 34.5 Å². The molecule has 0 amide bonds. The third kappa shape index (κ3) is 3.43. The van der Waals surface area contributed by atoms with E-state index in [-0.39, 0.29) is 0 Å². The molecule has 0 aliphatic heterocycles. The molecule has 4 rings (SSSR count). The lowest BCUT2D eigenvalue weighted by Gasteiger charge is -2.58. The number of carbonyl (C=O) groups is 1. The number of rotatable bonds is 3. The molecule has 0 radical (unpaired) electrons. The summed E-state index contributed by atoms with van der Waals surface area (Å²) in [6, 6.07) is 0. The second-order valence-electron chi connectivity index (χ2n) is 12.9. The topological polar surface area (TPSA) is 26.3 Å². The summed E-state index contributed by atoms with van der Waals surface area (Å²) in [5.41, 5.74) is 2.26. The molecule has 4 aliphatic carbocycles. The van der Waals surface area contributed by atoms with E-state index >= 15 is 0 Å². The van der Waals surface area contributed by atoms with Gasteiger partial charge >= 0.3 is 0 Å². The van der Waals surface area contributed by atoms with Crippen LogP contribution in [0.2, 0.25) is 18.1 Å². The highest BCUT2D eigenvalue weighted by atomic mass is 28.4. The molecule has 0 spiro atoms. The molecule has 29 heavy (non-hydrogen) atoms. The van der Waals surface area contributed by atoms with E-state index in [0.29, 0.717) is 21.7 Å². The molecule has 0 aromatic heterocycles. The number of fused-ring (bicyclic) bond motifs is 5. The second-order valence-corrected chi connectivity index (χ2v) is 17.7. The summed E-state index contributed by atoms with van der Waals surface area (Å²) in [7, 11) is -1.68. The molecule has 3 heteroatoms. The minimum Gasteiger partial charge on any atom is -0.417 e. The molecule has 3 saturated carbocycles. The zero-order valence-electron chi connectivity index (χ0n) is 20.1. The van der Waals surface area contributed by atoms with Crippen LogP contribution in [0, 0.1) is 34.5 Å². The molecule has 2 nitrogen and oxygen atoms in total. The number of carbonyl (C=O) groups excluding carboxylic acids is 1. The highest BCUT2D eigenvalue weighted by Gasteiger charge is 2.59. The largest absolute Gasteiger partial charge is 0.417 e. The first kappa shape index (κ1) is 21.8. The van der Waals surface area contributed by atoms with Gasteiger partial charge in [-0.05, 0) is 104 Å². The maximum absolute atomic E-state index is 12.0. The zero-order valence-corrected chi connectivity index (χ0v) is 21.1. The molecule has 0 N–H and O–H groups in total. The lowest BCUT2D eigenvalue weighted by Crippen LogP contribution is -2.51. The average molecular weight is 417 g/mol. The second kappa shape index (κ2) is 7.05. The van der Waals surface area contributed by atoms with E-state index in [4.69, 9.17) is 4.43 Å². The maximum atomic E-state index is 12.0. The molecular weight excluding hydrogens is 372 g/mol. The molecule has 6 atom stereocenters. The van der Waals surface area contributed by atoms with Gasteiger partial charge in [0.1, 0.15) is 0 Å². The number of ketones is 1. The fourth-order valence-corrected chi connectivity index (χ4v) is 8.52. The van der Waals surface area contributed by atoms with Gasteiger partial charge in [0.2, 0.25) is 0 Å². The summed E-state index contributed by atoms with van der Waals surface area (Å²) >= 11 is 0. The summed E-state index contributed by atoms with van der Waals surface area (Å²) in [4.78, 5) is 12.0. The monoisotopic (exact) mass is 416 g/mol. The van der Waals surface area contributed by atoms with Crippen molar-refractivity contribution in [1.82, 2.24) is 0 Å². The SMILES string of the molecule is CC(C)(C)[Si](C)(C)OC[C@H]1CC[C@H]2[C@@H]3CCC4=CC(=O)CC[C@]4(C)[C@H]3CC[C@]12C. The smallest absolute Gasteiger partial charge is 0.191 e. The molecule has 0 heterocycles. The van der Waals surface area contributed by atoms with Gasteiger partial charge in [0.15, 0.2) is 14.1 Å². The summed E-state index contributed by atoms with van der Waals surface area (Å²) < 4.78 is 6.74. The Labute approximate surface area is 180 Å². The first-order valence-corrected chi connectivity index (χ1v) is 15.2. The van der Waals surface area contributed by atoms with Crippen molar-refractivity contribution in [1.29, 1.82) is 0 Å². The molecule has 0 saturated heterocycles. The summed E-state index contributed by atoms with van der Waals surface area (Å²) in [5, 5.41) is 0.294. The fraction of sp³-hybridized carbons (Fsp3) is 0.885. The van der Waals surface area contributed by atoms with Gasteiger partial charge in [-0.25, -0.2) is 0 Å². The van der Waals surface area contributed by atoms with E-state index in [9.17, 15) is 4.79 Å². The van der Waals surface area contributed by atoms with Crippen LogP contribution in [0.3, 0.4) is 0 Å². The van der Waals surface area contributed by atoms with Crippen LogP contribution in [0.15, 0.2) is 11.6 Å². The van der Waals surface area contributed by atoms with Crippen molar-refractivity contribution in [2.45, 2.75) is 104 Å². The number of hydrogen-bond donors (Lipinski definition) is 0. The molecule has 164 valence electrons. The van der Waals surface area contributed by atoms with Crippen LogP contribution in [-0.4, -0.2) is 20.7 Å². The van der Waals surface area contributed by atoms with Crippen molar-refractivity contribution >= 4 is 14.1 Å². The minimum atomic E-state index is -1.68. The first-order valence-electron chi connectivity index (χ1n) is 12.3. The van der Waals surface area contributed by atoms with E-state index < -0.39 is 8.32 Å². The Morgan fingerprint density at radius 3 is 2.45 bits per heavy atom. The highest BCUT2D eigenvalue weighted by Crippen LogP contribution is 2.66. The van der Waals surface area contributed by atoms with E-state index in [1.807, 2.05) is 6.08 Å². The molecule has 3 fully saturated rings. The first-order chi connectivity index (χ1) is 13.4. The zero-order chi connectivity index (χ0) is 21.2. The Bertz CT molecular complexity index is 702. The van der Waals surface area contributed by atoms with Gasteiger partial charge in [-0.15, -0.1) is 0 Å². The van der Waals surface area contributed by atoms with Gasteiger partial charge in [-0.1, -0.05) is 40.2 Å². The van der Waals surface area contributed by atoms with Crippen LogP contribution in [0.5, 0.6) is 0 Å². The van der Waals surface area contributed by atoms with Gasteiger partial charge in [0, 0.05) is 13.0 Å². The van der Waals surface area contributed by atoms with Crippen LogP contribution in [0.25, 0.3) is 0 Å². The van der Waals surface area contributed by atoms with Gasteiger partial charge in [0.25, 0.3) is 0 Å². The lowest BCUT2D eigenvalue weighted by molar-refractivity contribution is -0.117. The predicted octanol–water partition coefficient (Wildman–Crippen LogP) is 7.16. The lowest BCUT2D eigenvalue weighted by atomic mass is 9.47. The highest BCUT2D eigenvalue weighted by molar-refractivity contribution is 6.74. The minimum absolute atomic E-state index is 0.294. The van der Waals surface area contributed by atoms with E-state index in [2.05, 4.69) is 47.7 Å². The average Bonchev–Trinajstić information content (AvgIpc) is 2.96. The normalized spacial score (nSPS) is 42.7. The van der Waals surface area contributed by atoms with Gasteiger partial charge in [-0.2, -0.15) is 0 Å². The molecule has 0 bridgehead atoms. The molecule has 0 unspecified atom stereocenters. The van der Waals surface area contributed by atoms with Crippen LogP contribution in [-0.2, 0) is 9.22 Å². The third-order valence-corrected chi connectivity index (χ3v) is 15.1. The van der Waals surface area contributed by atoms with Crippen LogP contribution < -0.4 is 0 Å². The van der Waals surface area contributed by atoms with Gasteiger partial charge in [-0.3, -0.25) is 4.79 Å². The van der Waals surface area contributed by atoms with Crippen molar-refractivity contribution in [2.75, 3.05) is 6.61 Å². The van der Waals surface area contributed by atoms with Crippen LogP contribution >= 0.6 is 0 Å². The molecule has 0 aromatic rings. The predicted molar refractivity (Wildman–Crippen MR) is 123 cm³/mol. The quantitative estimate of drug-likeness (QED) is 0.456. The number of allylic oxidation sites excluding steroid dienone is 1. The van der Waals surface area contributed by atoms with Gasteiger partial charge < -0.3 is 4.43 Å². The van der Waals surface area contributed by atoms with Crippen molar-refractivity contribution in [3.05, 3.63) is 11.6 Å². The Balaban J connectivity index is 1.51. The van der Waals surface area contributed by atoms with E-state index in [1.165, 1.54) is 44.1 Å². The summed E-state index contributed by atoms with van der Waals surface area (Å²) in [5.74, 6) is 3.64. The van der Waals surface area contributed by atoms with E-state index in [1.54, 1.807) is 0 Å². The van der Waals surface area contributed by atoms with Crippen LogP contribution in [0.1, 0.15) is 86.0 Å². The standard InChI is InChI=1S/C26H44O2Si/c1-24(2,3)29(6,7)28-17-19-9-11-22-21-10-8-18-16-20(27)12-14-25(18,4)23(21)13-15-26(19,22)5/h16,19,21-23H,8-15,17H2,1-7H3/t19-,21+,22+,23+,25+,26-/m1/s1. The van der Waals surface area contributed by atoms with Crippen molar-refractivity contribution < 1.29 is 9.22 Å².